The van der Waals surface area contributed by atoms with E-state index < -0.39 is 6.10 Å². The van der Waals surface area contributed by atoms with E-state index in [0.717, 1.165) is 0 Å². The minimum Gasteiger partial charge on any atom is -0.394 e. The van der Waals surface area contributed by atoms with Gasteiger partial charge in [-0.15, -0.1) is 0 Å². The molecule has 0 aromatic rings. The third-order valence-electron chi connectivity index (χ3n) is 1.58. The number of rotatable bonds is 4. The lowest BCUT2D eigenvalue weighted by Crippen LogP contribution is -2.16. The van der Waals surface area contributed by atoms with Gasteiger partial charge in [0.15, 0.2) is 0 Å². The van der Waals surface area contributed by atoms with Crippen LogP contribution >= 0.6 is 0 Å². The highest BCUT2D eigenvalue weighted by Gasteiger charge is 2.38. The lowest BCUT2D eigenvalue weighted by atomic mass is 10.2. The topological polar surface area (TPSA) is 73.2 Å². The maximum atomic E-state index is 8.87. The van der Waals surface area contributed by atoms with Gasteiger partial charge in [-0.05, 0) is 0 Å². The third kappa shape index (κ3) is 1.91. The van der Waals surface area contributed by atoms with E-state index in [0.29, 0.717) is 6.42 Å². The van der Waals surface area contributed by atoms with Crippen molar-refractivity contribution in [2.75, 3.05) is 13.2 Å². The van der Waals surface area contributed by atoms with Crippen molar-refractivity contribution < 1.29 is 20.1 Å². The van der Waals surface area contributed by atoms with E-state index in [1.165, 1.54) is 0 Å². The first-order valence-electron chi connectivity index (χ1n) is 3.33. The molecule has 1 heterocycles. The van der Waals surface area contributed by atoms with E-state index in [1.54, 1.807) is 0 Å². The standard InChI is InChI=1S/C6H12O4/c7-2-4(9)1-5-6(3-8)10-5/h4-9H,1-3H2. The van der Waals surface area contributed by atoms with Gasteiger partial charge in [-0.1, -0.05) is 0 Å². The largest absolute Gasteiger partial charge is 0.394 e. The van der Waals surface area contributed by atoms with Crippen molar-refractivity contribution in [3.05, 3.63) is 0 Å². The summed E-state index contributed by atoms with van der Waals surface area (Å²) in [5.41, 5.74) is 0. The minimum absolute atomic E-state index is 0.00279. The first-order chi connectivity index (χ1) is 4.77. The molecule has 1 aliphatic rings. The van der Waals surface area contributed by atoms with Gasteiger partial charge in [0.2, 0.25) is 0 Å². The first kappa shape index (κ1) is 7.94. The molecule has 1 rings (SSSR count). The number of ether oxygens (including phenoxy) is 1. The van der Waals surface area contributed by atoms with Crippen LogP contribution in [0.2, 0.25) is 0 Å². The number of aliphatic hydroxyl groups excluding tert-OH is 3. The van der Waals surface area contributed by atoms with Crippen LogP contribution in [0.3, 0.4) is 0 Å². The fourth-order valence-electron chi connectivity index (χ4n) is 0.890. The van der Waals surface area contributed by atoms with E-state index in [1.807, 2.05) is 0 Å². The average Bonchev–Trinajstić information content (AvgIpc) is 2.67. The predicted molar refractivity (Wildman–Crippen MR) is 33.5 cm³/mol. The second-order valence-corrected chi connectivity index (χ2v) is 2.47. The summed E-state index contributed by atoms with van der Waals surface area (Å²) in [6, 6.07) is 0. The van der Waals surface area contributed by atoms with Crippen molar-refractivity contribution >= 4 is 0 Å². The van der Waals surface area contributed by atoms with Crippen LogP contribution in [0.25, 0.3) is 0 Å². The molecule has 0 saturated carbocycles. The van der Waals surface area contributed by atoms with Gasteiger partial charge < -0.3 is 20.1 Å². The van der Waals surface area contributed by atoms with Crippen molar-refractivity contribution in [3.63, 3.8) is 0 Å². The van der Waals surface area contributed by atoms with Crippen LogP contribution in [0.5, 0.6) is 0 Å². The zero-order valence-electron chi connectivity index (χ0n) is 5.60. The van der Waals surface area contributed by atoms with Crippen LogP contribution < -0.4 is 0 Å². The molecule has 0 aromatic carbocycles. The molecule has 1 aliphatic heterocycles. The molecule has 10 heavy (non-hydrogen) atoms. The summed E-state index contributed by atoms with van der Waals surface area (Å²) < 4.78 is 4.92. The van der Waals surface area contributed by atoms with E-state index >= 15 is 0 Å². The Morgan fingerprint density at radius 2 is 2.00 bits per heavy atom. The second kappa shape index (κ2) is 3.30. The highest BCUT2D eigenvalue weighted by atomic mass is 16.6. The molecule has 4 heteroatoms. The Kier molecular flexibility index (Phi) is 2.62. The fourth-order valence-corrected chi connectivity index (χ4v) is 0.890. The molecule has 0 spiro atoms. The average molecular weight is 148 g/mol. The van der Waals surface area contributed by atoms with Crippen LogP contribution in [0.1, 0.15) is 6.42 Å². The molecule has 0 radical (unpaired) electrons. The van der Waals surface area contributed by atoms with Gasteiger partial charge >= 0.3 is 0 Å². The third-order valence-corrected chi connectivity index (χ3v) is 1.58. The molecule has 1 saturated heterocycles. The van der Waals surface area contributed by atoms with Gasteiger partial charge in [-0.25, -0.2) is 0 Å². The van der Waals surface area contributed by atoms with Crippen LogP contribution in [0.4, 0.5) is 0 Å². The van der Waals surface area contributed by atoms with Crippen molar-refractivity contribution in [2.24, 2.45) is 0 Å². The second-order valence-electron chi connectivity index (χ2n) is 2.47. The minimum atomic E-state index is -0.707. The quantitative estimate of drug-likeness (QED) is 0.424. The Morgan fingerprint density at radius 3 is 2.40 bits per heavy atom. The maximum absolute atomic E-state index is 8.87. The molecular weight excluding hydrogens is 136 g/mol. The van der Waals surface area contributed by atoms with E-state index in [-0.39, 0.29) is 25.4 Å². The molecule has 3 atom stereocenters. The predicted octanol–water partition coefficient (Wildman–Crippen LogP) is -1.51. The molecular formula is C6H12O4. The lowest BCUT2D eigenvalue weighted by molar-refractivity contribution is 0.0814. The summed E-state index contributed by atoms with van der Waals surface area (Å²) in [5.74, 6) is 0. The van der Waals surface area contributed by atoms with Gasteiger partial charge in [0, 0.05) is 6.42 Å². The zero-order valence-corrected chi connectivity index (χ0v) is 5.60. The van der Waals surface area contributed by atoms with Crippen molar-refractivity contribution in [3.8, 4) is 0 Å². The molecule has 0 bridgehead atoms. The van der Waals surface area contributed by atoms with Crippen LogP contribution in [0, 0.1) is 0 Å². The molecule has 0 aromatic heterocycles. The molecule has 0 aliphatic carbocycles. The van der Waals surface area contributed by atoms with Crippen LogP contribution in [0.15, 0.2) is 0 Å². The van der Waals surface area contributed by atoms with E-state index in [4.69, 9.17) is 20.1 Å². The first-order valence-corrected chi connectivity index (χ1v) is 3.33. The zero-order chi connectivity index (χ0) is 7.56. The summed E-state index contributed by atoms with van der Waals surface area (Å²) in [5, 5.41) is 25.8. The Balaban J connectivity index is 2.05. The molecule has 3 N–H and O–H groups in total. The highest BCUT2D eigenvalue weighted by molar-refractivity contribution is 4.85. The molecule has 4 nitrogen and oxygen atoms in total. The van der Waals surface area contributed by atoms with Gasteiger partial charge in [0.05, 0.1) is 25.4 Å². The lowest BCUT2D eigenvalue weighted by Gasteiger charge is -2.01. The fraction of sp³-hybridized carbons (Fsp3) is 1.00. The van der Waals surface area contributed by atoms with Gasteiger partial charge in [-0.3, -0.25) is 0 Å². The molecule has 0 amide bonds. The number of epoxide rings is 1. The highest BCUT2D eigenvalue weighted by Crippen LogP contribution is 2.25. The number of hydrogen-bond acceptors (Lipinski definition) is 4. The van der Waals surface area contributed by atoms with Gasteiger partial charge in [0.1, 0.15) is 6.10 Å². The Hall–Kier alpha value is -0.160. The summed E-state index contributed by atoms with van der Waals surface area (Å²) >= 11 is 0. The smallest absolute Gasteiger partial charge is 0.107 e. The van der Waals surface area contributed by atoms with Crippen molar-refractivity contribution in [1.29, 1.82) is 0 Å². The number of hydrogen-bond donors (Lipinski definition) is 3. The van der Waals surface area contributed by atoms with E-state index in [9.17, 15) is 0 Å². The SMILES string of the molecule is OCC(O)CC1OC1CO. The summed E-state index contributed by atoms with van der Waals surface area (Å²) in [7, 11) is 0. The van der Waals surface area contributed by atoms with Crippen LogP contribution in [-0.4, -0.2) is 46.8 Å². The summed E-state index contributed by atoms with van der Waals surface area (Å²) in [6.45, 7) is -0.235. The van der Waals surface area contributed by atoms with Crippen LogP contribution in [-0.2, 0) is 4.74 Å². The molecule has 60 valence electrons. The Labute approximate surface area is 59.1 Å². The monoisotopic (exact) mass is 148 g/mol. The van der Waals surface area contributed by atoms with E-state index in [2.05, 4.69) is 0 Å². The Morgan fingerprint density at radius 1 is 1.30 bits per heavy atom. The molecule has 1 fully saturated rings. The normalized spacial score (nSPS) is 33.9. The van der Waals surface area contributed by atoms with Gasteiger partial charge in [0.25, 0.3) is 0 Å². The maximum Gasteiger partial charge on any atom is 0.107 e. The molecule has 3 unspecified atom stereocenters. The van der Waals surface area contributed by atoms with Gasteiger partial charge in [-0.2, -0.15) is 0 Å². The Bertz CT molecular complexity index is 106. The summed E-state index contributed by atoms with van der Waals surface area (Å²) in [4.78, 5) is 0. The van der Waals surface area contributed by atoms with Crippen molar-refractivity contribution in [2.45, 2.75) is 24.7 Å². The summed E-state index contributed by atoms with van der Waals surface area (Å²) in [6.07, 6.45) is -0.447. The van der Waals surface area contributed by atoms with Crippen molar-refractivity contribution in [1.82, 2.24) is 0 Å². The number of aliphatic hydroxyl groups is 3.